The summed E-state index contributed by atoms with van der Waals surface area (Å²) >= 11 is 1.32. The molecule has 0 radical (unpaired) electrons. The number of thioether (sulfide) groups is 1. The summed E-state index contributed by atoms with van der Waals surface area (Å²) in [5, 5.41) is 20.6. The Morgan fingerprint density at radius 3 is 2.72 bits per heavy atom. The third-order valence-electron chi connectivity index (χ3n) is 4.04. The third-order valence-corrected chi connectivity index (χ3v) is 5.41. The monoisotopic (exact) mass is 364 g/mol. The molecule has 3 rings (SSSR count). The van der Waals surface area contributed by atoms with Crippen LogP contribution in [0.15, 0.2) is 34.9 Å². The Kier molecular flexibility index (Phi) is 4.78. The first-order chi connectivity index (χ1) is 11.9. The van der Waals surface area contributed by atoms with Gasteiger partial charge in [0.1, 0.15) is 12.3 Å². The highest BCUT2D eigenvalue weighted by molar-refractivity contribution is 8.04. The maximum atomic E-state index is 12.5. The molecular formula is C16H16N2O6S. The van der Waals surface area contributed by atoms with E-state index in [1.165, 1.54) is 40.9 Å². The Balaban J connectivity index is 1.72. The summed E-state index contributed by atoms with van der Waals surface area (Å²) in [5.41, 5.74) is 0.657. The van der Waals surface area contributed by atoms with Crippen molar-refractivity contribution in [3.63, 3.8) is 0 Å². The summed E-state index contributed by atoms with van der Waals surface area (Å²) in [7, 11) is 0. The molecule has 2 atom stereocenters. The molecule has 2 aliphatic rings. The number of non-ortho nitro benzene ring substituents is 1. The first-order valence-corrected chi connectivity index (χ1v) is 8.61. The van der Waals surface area contributed by atoms with Gasteiger partial charge in [-0.05, 0) is 24.1 Å². The molecule has 1 N–H and O–H groups in total. The molecule has 2 aliphatic heterocycles. The van der Waals surface area contributed by atoms with Crippen LogP contribution < -0.4 is 0 Å². The minimum atomic E-state index is -0.815. The van der Waals surface area contributed by atoms with Crippen molar-refractivity contribution >= 4 is 29.3 Å². The number of esters is 1. The second-order valence-corrected chi connectivity index (χ2v) is 6.90. The van der Waals surface area contributed by atoms with E-state index in [1.807, 2.05) is 0 Å². The number of aliphatic hydroxyl groups is 1. The van der Waals surface area contributed by atoms with E-state index in [9.17, 15) is 24.8 Å². The fourth-order valence-corrected chi connectivity index (χ4v) is 4.09. The number of carbonyl (C=O) groups excluding carboxylic acids is 2. The number of carbonyl (C=O) groups is 2. The van der Waals surface area contributed by atoms with Gasteiger partial charge in [0, 0.05) is 17.0 Å². The maximum Gasteiger partial charge on any atom is 0.356 e. The van der Waals surface area contributed by atoms with Gasteiger partial charge in [0.2, 0.25) is 5.91 Å². The fourth-order valence-electron chi connectivity index (χ4n) is 2.62. The Labute approximate surface area is 147 Å². The number of benzene rings is 1. The molecule has 1 aromatic rings. The number of nitro benzene ring substituents is 1. The zero-order valence-electron chi connectivity index (χ0n) is 13.4. The molecule has 0 bridgehead atoms. The summed E-state index contributed by atoms with van der Waals surface area (Å²) in [5.74, 6) is -0.845. The molecular weight excluding hydrogens is 348 g/mol. The number of hydrogen-bond donors (Lipinski definition) is 1. The van der Waals surface area contributed by atoms with Crippen molar-refractivity contribution in [3.05, 3.63) is 50.5 Å². The van der Waals surface area contributed by atoms with Crippen LogP contribution in [0.2, 0.25) is 0 Å². The molecule has 1 amide bonds. The van der Waals surface area contributed by atoms with E-state index in [0.717, 1.165) is 0 Å². The highest BCUT2D eigenvalue weighted by atomic mass is 32.2. The van der Waals surface area contributed by atoms with Crippen molar-refractivity contribution in [1.29, 1.82) is 0 Å². The molecule has 1 fully saturated rings. The van der Waals surface area contributed by atoms with Gasteiger partial charge in [-0.1, -0.05) is 18.7 Å². The molecule has 0 aromatic heterocycles. The van der Waals surface area contributed by atoms with Crippen LogP contribution in [0.4, 0.5) is 5.69 Å². The average Bonchev–Trinajstić information content (AvgIpc) is 2.92. The fraction of sp³-hybridized carbons (Fsp3) is 0.375. The van der Waals surface area contributed by atoms with E-state index >= 15 is 0 Å². The second-order valence-electron chi connectivity index (χ2n) is 5.68. The Morgan fingerprint density at radius 1 is 1.48 bits per heavy atom. The number of β-lactam (4-membered cyclic amide) rings is 1. The van der Waals surface area contributed by atoms with E-state index in [-0.39, 0.29) is 29.3 Å². The van der Waals surface area contributed by atoms with Gasteiger partial charge in [-0.3, -0.25) is 19.8 Å². The quantitative estimate of drug-likeness (QED) is 0.355. The first kappa shape index (κ1) is 17.4. The van der Waals surface area contributed by atoms with Gasteiger partial charge < -0.3 is 9.84 Å². The smallest absolute Gasteiger partial charge is 0.356 e. The van der Waals surface area contributed by atoms with Gasteiger partial charge >= 0.3 is 5.97 Å². The molecule has 9 heteroatoms. The molecule has 0 saturated carbocycles. The van der Waals surface area contributed by atoms with E-state index in [2.05, 4.69) is 0 Å². The van der Waals surface area contributed by atoms with E-state index in [4.69, 9.17) is 4.74 Å². The van der Waals surface area contributed by atoms with Gasteiger partial charge in [-0.2, -0.15) is 0 Å². The van der Waals surface area contributed by atoms with Crippen LogP contribution in [-0.4, -0.2) is 38.3 Å². The summed E-state index contributed by atoms with van der Waals surface area (Å²) in [6, 6.07) is 5.66. The number of amides is 1. The molecule has 2 heterocycles. The van der Waals surface area contributed by atoms with Crippen molar-refractivity contribution in [2.24, 2.45) is 0 Å². The maximum absolute atomic E-state index is 12.5. The molecule has 1 unspecified atom stereocenters. The van der Waals surface area contributed by atoms with Crippen molar-refractivity contribution < 1.29 is 24.4 Å². The van der Waals surface area contributed by atoms with Gasteiger partial charge in [-0.15, -0.1) is 0 Å². The lowest BCUT2D eigenvalue weighted by Crippen LogP contribution is -2.48. The number of nitro groups is 1. The predicted molar refractivity (Wildman–Crippen MR) is 89.1 cm³/mol. The number of fused-ring (bicyclic) bond motifs is 1. The third kappa shape index (κ3) is 3.24. The van der Waals surface area contributed by atoms with Crippen LogP contribution in [0.3, 0.4) is 0 Å². The Morgan fingerprint density at radius 2 is 2.16 bits per heavy atom. The van der Waals surface area contributed by atoms with Crippen LogP contribution in [0, 0.1) is 10.1 Å². The van der Waals surface area contributed by atoms with Crippen molar-refractivity contribution in [3.8, 4) is 0 Å². The first-order valence-electron chi connectivity index (χ1n) is 7.73. The number of nitrogens with zero attached hydrogens (tertiary/aromatic N) is 2. The summed E-state index contributed by atoms with van der Waals surface area (Å²) in [6.07, 6.45) is -0.0507. The number of aliphatic hydroxyl groups excluding tert-OH is 1. The van der Waals surface area contributed by atoms with Gasteiger partial charge in [0.25, 0.3) is 5.69 Å². The number of hydrogen-bond acceptors (Lipinski definition) is 7. The van der Waals surface area contributed by atoms with Crippen LogP contribution in [0.25, 0.3) is 0 Å². The lowest BCUT2D eigenvalue weighted by Gasteiger charge is -2.34. The van der Waals surface area contributed by atoms with E-state index in [0.29, 0.717) is 23.3 Å². The normalized spacial score (nSPS) is 20.2. The zero-order chi connectivity index (χ0) is 18.1. The van der Waals surface area contributed by atoms with Gasteiger partial charge in [0.05, 0.1) is 22.8 Å². The molecule has 1 saturated heterocycles. The van der Waals surface area contributed by atoms with Crippen LogP contribution in [0.1, 0.15) is 25.3 Å². The van der Waals surface area contributed by atoms with Crippen molar-refractivity contribution in [2.75, 3.05) is 0 Å². The summed E-state index contributed by atoms with van der Waals surface area (Å²) in [4.78, 5) is 36.2. The van der Waals surface area contributed by atoms with E-state index < -0.39 is 17.0 Å². The molecule has 0 aliphatic carbocycles. The number of rotatable bonds is 6. The minimum absolute atomic E-state index is 0.0488. The van der Waals surface area contributed by atoms with Crippen molar-refractivity contribution in [2.45, 2.75) is 37.9 Å². The van der Waals surface area contributed by atoms with Gasteiger partial charge in [-0.25, -0.2) is 4.79 Å². The minimum Gasteiger partial charge on any atom is -0.456 e. The van der Waals surface area contributed by atoms with Crippen LogP contribution >= 0.6 is 11.8 Å². The predicted octanol–water partition coefficient (Wildman–Crippen LogP) is 1.93. The largest absolute Gasteiger partial charge is 0.456 e. The van der Waals surface area contributed by atoms with Crippen molar-refractivity contribution in [1.82, 2.24) is 4.90 Å². The standard InChI is InChI=1S/C16H16N2O6S/c1-2-11(19)15-14(17-12(20)7-13(17)25-15)16(21)24-8-9-3-5-10(6-4-9)18(22)23/h3-6,11,13,19H,2,7-8H2,1H3/t11?,13-/m0/s1. The van der Waals surface area contributed by atoms with Crippen LogP contribution in [-0.2, 0) is 20.9 Å². The highest BCUT2D eigenvalue weighted by Gasteiger charge is 2.49. The molecule has 1 aromatic carbocycles. The highest BCUT2D eigenvalue weighted by Crippen LogP contribution is 2.48. The zero-order valence-corrected chi connectivity index (χ0v) is 14.2. The lowest BCUT2D eigenvalue weighted by atomic mass is 10.1. The lowest BCUT2D eigenvalue weighted by molar-refractivity contribution is -0.384. The summed E-state index contributed by atoms with van der Waals surface area (Å²) in [6.45, 7) is 1.71. The Bertz CT molecular complexity index is 760. The van der Waals surface area contributed by atoms with Gasteiger partial charge in [0.15, 0.2) is 0 Å². The van der Waals surface area contributed by atoms with Crippen LogP contribution in [0.5, 0.6) is 0 Å². The summed E-state index contributed by atoms with van der Waals surface area (Å²) < 4.78 is 5.25. The molecule has 8 nitrogen and oxygen atoms in total. The topological polar surface area (TPSA) is 110 Å². The SMILES string of the molecule is CCC(O)C1=C(C(=O)OCc2ccc([N+](=O)[O-])cc2)N2C(=O)C[C@@H]2S1. The second kappa shape index (κ2) is 6.85. The number of ether oxygens (including phenoxy) is 1. The Hall–Kier alpha value is -2.39. The van der Waals surface area contributed by atoms with E-state index in [1.54, 1.807) is 6.92 Å². The molecule has 132 valence electrons. The molecule has 25 heavy (non-hydrogen) atoms. The average molecular weight is 364 g/mol. The molecule has 0 spiro atoms.